The molecule has 0 aliphatic carbocycles. The van der Waals surface area contributed by atoms with Crippen LogP contribution in [0.4, 0.5) is 13.2 Å². The van der Waals surface area contributed by atoms with Crippen molar-refractivity contribution in [3.63, 3.8) is 0 Å². The van der Waals surface area contributed by atoms with E-state index in [0.29, 0.717) is 6.54 Å². The summed E-state index contributed by atoms with van der Waals surface area (Å²) in [5.41, 5.74) is -0.319. The van der Waals surface area contributed by atoms with Gasteiger partial charge in [0.05, 0.1) is 5.56 Å². The van der Waals surface area contributed by atoms with Crippen LogP contribution in [0.1, 0.15) is 17.5 Å². The lowest BCUT2D eigenvalue weighted by molar-refractivity contribution is -0.137. The highest BCUT2D eigenvalue weighted by atomic mass is 19.4. The molecule has 1 fully saturated rings. The van der Waals surface area contributed by atoms with Crippen molar-refractivity contribution in [2.24, 2.45) is 0 Å². The minimum Gasteiger partial charge on any atom is -0.372 e. The summed E-state index contributed by atoms with van der Waals surface area (Å²) in [6, 6.07) is 5.21. The number of hydrogen-bond acceptors (Lipinski definition) is 2. The molecule has 1 aliphatic rings. The van der Waals surface area contributed by atoms with Crippen molar-refractivity contribution in [3.8, 4) is 0 Å². The predicted molar refractivity (Wildman–Crippen MR) is 57.6 cm³/mol. The Morgan fingerprint density at radius 2 is 1.88 bits per heavy atom. The van der Waals surface area contributed by atoms with Gasteiger partial charge in [-0.25, -0.2) is 0 Å². The molecule has 0 amide bonds. The van der Waals surface area contributed by atoms with Gasteiger partial charge in [-0.2, -0.15) is 13.2 Å². The smallest absolute Gasteiger partial charge is 0.372 e. The fourth-order valence-corrected chi connectivity index (χ4v) is 2.17. The molecule has 0 saturated carbocycles. The van der Waals surface area contributed by atoms with Crippen LogP contribution in [0.15, 0.2) is 24.3 Å². The fraction of sp³-hybridized carbons (Fsp3) is 0.500. The number of methoxy groups -OCH3 is 1. The molecule has 1 heterocycles. The van der Waals surface area contributed by atoms with Crippen molar-refractivity contribution in [1.29, 1.82) is 0 Å². The molecule has 0 bridgehead atoms. The zero-order chi connectivity index (χ0) is 12.5. The van der Waals surface area contributed by atoms with E-state index in [4.69, 9.17) is 4.74 Å². The molecule has 5 heteroatoms. The maximum atomic E-state index is 12.4. The molecule has 1 unspecified atom stereocenters. The molecule has 2 nitrogen and oxygen atoms in total. The predicted octanol–water partition coefficient (Wildman–Crippen LogP) is 2.54. The van der Waals surface area contributed by atoms with Crippen molar-refractivity contribution in [1.82, 2.24) is 5.32 Å². The first-order chi connectivity index (χ1) is 7.98. The summed E-state index contributed by atoms with van der Waals surface area (Å²) < 4.78 is 42.8. The van der Waals surface area contributed by atoms with Gasteiger partial charge in [-0.05, 0) is 30.7 Å². The number of alkyl halides is 3. The Balaban J connectivity index is 2.28. The standard InChI is InChI=1S/C12H14F3NO/c1-17-11(6-7-16-8-11)9-2-4-10(5-3-9)12(13,14)15/h2-5,16H,6-8H2,1H3. The van der Waals surface area contributed by atoms with Gasteiger partial charge in [0, 0.05) is 13.7 Å². The highest BCUT2D eigenvalue weighted by Gasteiger charge is 2.36. The second-order valence-electron chi connectivity index (χ2n) is 4.20. The van der Waals surface area contributed by atoms with Crippen molar-refractivity contribution in [2.45, 2.75) is 18.2 Å². The quantitative estimate of drug-likeness (QED) is 0.864. The molecule has 94 valence electrons. The molecule has 0 radical (unpaired) electrons. The van der Waals surface area contributed by atoms with E-state index in [2.05, 4.69) is 5.32 Å². The number of benzene rings is 1. The van der Waals surface area contributed by atoms with Gasteiger partial charge in [-0.3, -0.25) is 0 Å². The van der Waals surface area contributed by atoms with E-state index < -0.39 is 17.3 Å². The molecule has 2 rings (SSSR count). The van der Waals surface area contributed by atoms with E-state index in [1.165, 1.54) is 12.1 Å². The molecule has 1 aromatic rings. The van der Waals surface area contributed by atoms with Gasteiger partial charge < -0.3 is 10.1 Å². The van der Waals surface area contributed by atoms with E-state index >= 15 is 0 Å². The molecule has 1 aromatic carbocycles. The van der Waals surface area contributed by atoms with Gasteiger partial charge in [0.15, 0.2) is 0 Å². The first kappa shape index (κ1) is 12.4. The number of rotatable bonds is 2. The lowest BCUT2D eigenvalue weighted by Gasteiger charge is -2.27. The Kier molecular flexibility index (Phi) is 3.14. The third-order valence-corrected chi connectivity index (χ3v) is 3.25. The largest absolute Gasteiger partial charge is 0.416 e. The molecule has 0 spiro atoms. The van der Waals surface area contributed by atoms with E-state index in [1.807, 2.05) is 0 Å². The maximum Gasteiger partial charge on any atom is 0.416 e. The number of hydrogen-bond donors (Lipinski definition) is 1. The molecule has 0 aromatic heterocycles. The first-order valence-electron chi connectivity index (χ1n) is 5.41. The summed E-state index contributed by atoms with van der Waals surface area (Å²) in [6.45, 7) is 1.45. The van der Waals surface area contributed by atoms with Crippen molar-refractivity contribution in [2.75, 3.05) is 20.2 Å². The SMILES string of the molecule is COC1(c2ccc(C(F)(F)F)cc2)CCNC1. The molecule has 1 aliphatic heterocycles. The molecule has 1 saturated heterocycles. The Morgan fingerprint density at radius 3 is 2.29 bits per heavy atom. The molecule has 1 atom stereocenters. The van der Waals surface area contributed by atoms with E-state index in [0.717, 1.165) is 30.7 Å². The Morgan fingerprint density at radius 1 is 1.24 bits per heavy atom. The summed E-state index contributed by atoms with van der Waals surface area (Å²) in [5, 5.41) is 3.16. The number of nitrogens with one attached hydrogen (secondary N) is 1. The van der Waals surface area contributed by atoms with Crippen molar-refractivity contribution in [3.05, 3.63) is 35.4 Å². The van der Waals surface area contributed by atoms with Crippen LogP contribution in [-0.4, -0.2) is 20.2 Å². The topological polar surface area (TPSA) is 21.3 Å². The first-order valence-corrected chi connectivity index (χ1v) is 5.41. The third kappa shape index (κ3) is 2.30. The summed E-state index contributed by atoms with van der Waals surface area (Å²) in [6.07, 6.45) is -3.51. The zero-order valence-electron chi connectivity index (χ0n) is 9.47. The zero-order valence-corrected chi connectivity index (χ0v) is 9.47. The Bertz CT molecular complexity index is 380. The molecular formula is C12H14F3NO. The lowest BCUT2D eigenvalue weighted by atomic mass is 9.92. The highest BCUT2D eigenvalue weighted by molar-refractivity contribution is 5.30. The van der Waals surface area contributed by atoms with Gasteiger partial charge in [-0.15, -0.1) is 0 Å². The maximum absolute atomic E-state index is 12.4. The van der Waals surface area contributed by atoms with Crippen LogP contribution in [0.25, 0.3) is 0 Å². The van der Waals surface area contributed by atoms with Gasteiger partial charge >= 0.3 is 6.18 Å². The van der Waals surface area contributed by atoms with Gasteiger partial charge in [0.1, 0.15) is 5.60 Å². The average molecular weight is 245 g/mol. The van der Waals surface area contributed by atoms with Gasteiger partial charge in [0.2, 0.25) is 0 Å². The molecule has 1 N–H and O–H groups in total. The molecule has 17 heavy (non-hydrogen) atoms. The van der Waals surface area contributed by atoms with Crippen LogP contribution in [0, 0.1) is 0 Å². The fourth-order valence-electron chi connectivity index (χ4n) is 2.17. The lowest BCUT2D eigenvalue weighted by Crippen LogP contribution is -2.31. The van der Waals surface area contributed by atoms with Crippen LogP contribution < -0.4 is 5.32 Å². The third-order valence-electron chi connectivity index (χ3n) is 3.25. The van der Waals surface area contributed by atoms with Crippen molar-refractivity contribution >= 4 is 0 Å². The van der Waals surface area contributed by atoms with E-state index in [-0.39, 0.29) is 0 Å². The summed E-state index contributed by atoms with van der Waals surface area (Å²) in [7, 11) is 1.59. The minimum atomic E-state index is -4.29. The summed E-state index contributed by atoms with van der Waals surface area (Å²) >= 11 is 0. The number of ether oxygens (including phenoxy) is 1. The van der Waals surface area contributed by atoms with Gasteiger partial charge in [0.25, 0.3) is 0 Å². The van der Waals surface area contributed by atoms with Crippen molar-refractivity contribution < 1.29 is 17.9 Å². The van der Waals surface area contributed by atoms with Gasteiger partial charge in [-0.1, -0.05) is 12.1 Å². The second-order valence-corrected chi connectivity index (χ2v) is 4.20. The minimum absolute atomic E-state index is 0.482. The summed E-state index contributed by atoms with van der Waals surface area (Å²) in [4.78, 5) is 0. The van der Waals surface area contributed by atoms with Crippen LogP contribution in [0.5, 0.6) is 0 Å². The monoisotopic (exact) mass is 245 g/mol. The second kappa shape index (κ2) is 4.31. The Labute approximate surface area is 97.8 Å². The average Bonchev–Trinajstić information content (AvgIpc) is 2.78. The van der Waals surface area contributed by atoms with Crippen LogP contribution in [-0.2, 0) is 16.5 Å². The number of halogens is 3. The normalized spacial score (nSPS) is 25.2. The van der Waals surface area contributed by atoms with E-state index in [1.54, 1.807) is 7.11 Å². The highest BCUT2D eigenvalue weighted by Crippen LogP contribution is 2.34. The summed E-state index contributed by atoms with van der Waals surface area (Å²) in [5.74, 6) is 0. The van der Waals surface area contributed by atoms with Crippen LogP contribution >= 0.6 is 0 Å². The Hall–Kier alpha value is -1.07. The van der Waals surface area contributed by atoms with E-state index in [9.17, 15) is 13.2 Å². The molecular weight excluding hydrogens is 231 g/mol. The van der Waals surface area contributed by atoms with Crippen LogP contribution in [0.2, 0.25) is 0 Å². The van der Waals surface area contributed by atoms with Crippen LogP contribution in [0.3, 0.4) is 0 Å².